The lowest BCUT2D eigenvalue weighted by molar-refractivity contribution is -0.384. The van der Waals surface area contributed by atoms with Crippen LogP contribution < -0.4 is 16.1 Å². The quantitative estimate of drug-likeness (QED) is 0.248. The summed E-state index contributed by atoms with van der Waals surface area (Å²) in [7, 11) is 3.02. The molecule has 0 amide bonds. The predicted octanol–water partition coefficient (Wildman–Crippen LogP) is 4.11. The first-order valence-corrected chi connectivity index (χ1v) is 12.4. The molecule has 0 fully saturated rings. The van der Waals surface area contributed by atoms with Crippen molar-refractivity contribution in [1.82, 2.24) is 18.9 Å². The molecule has 6 rings (SSSR count). The molecule has 1 aliphatic rings. The van der Waals surface area contributed by atoms with E-state index in [1.807, 2.05) is 71.8 Å². The normalized spacial score (nSPS) is 14.2. The first kappa shape index (κ1) is 24.7. The highest BCUT2D eigenvalue weighted by Crippen LogP contribution is 2.41. The Bertz CT molecular complexity index is 1890. The minimum atomic E-state index is -0.719. The van der Waals surface area contributed by atoms with Gasteiger partial charge in [-0.05, 0) is 36.4 Å². The van der Waals surface area contributed by atoms with Gasteiger partial charge in [-0.1, -0.05) is 36.4 Å². The summed E-state index contributed by atoms with van der Waals surface area (Å²) in [5.41, 5.74) is 2.71. The standard InChI is InChI=1S/C29H23N7O4/c1-32-27-24(28(37)33(2)29(32)38)26(34(18-30-27)20-9-5-3-6-10-20)23-17-35(21-11-7-4-8-12-21)31-25(23)19-13-15-22(16-14-19)36(39)40/h3-18,26H,1-2H3. The van der Waals surface area contributed by atoms with Gasteiger partial charge in [0.1, 0.15) is 5.82 Å². The predicted molar refractivity (Wildman–Crippen MR) is 151 cm³/mol. The second-order valence-electron chi connectivity index (χ2n) is 9.35. The summed E-state index contributed by atoms with van der Waals surface area (Å²) >= 11 is 0. The average molecular weight is 534 g/mol. The van der Waals surface area contributed by atoms with Crippen LogP contribution in [0.3, 0.4) is 0 Å². The van der Waals surface area contributed by atoms with E-state index >= 15 is 0 Å². The van der Waals surface area contributed by atoms with Crippen LogP contribution in [0, 0.1) is 10.1 Å². The van der Waals surface area contributed by atoms with Crippen LogP contribution in [-0.4, -0.2) is 30.2 Å². The summed E-state index contributed by atoms with van der Waals surface area (Å²) in [5, 5.41) is 16.2. The van der Waals surface area contributed by atoms with Crippen molar-refractivity contribution in [2.24, 2.45) is 19.1 Å². The van der Waals surface area contributed by atoms with E-state index in [1.165, 1.54) is 23.7 Å². The lowest BCUT2D eigenvalue weighted by Crippen LogP contribution is -2.44. The maximum atomic E-state index is 13.7. The largest absolute Gasteiger partial charge is 0.332 e. The number of nitrogens with zero attached hydrogens (tertiary/aromatic N) is 7. The molecular weight excluding hydrogens is 510 g/mol. The van der Waals surface area contributed by atoms with Crippen LogP contribution >= 0.6 is 0 Å². The van der Waals surface area contributed by atoms with Crippen molar-refractivity contribution < 1.29 is 4.92 Å². The van der Waals surface area contributed by atoms with E-state index in [-0.39, 0.29) is 11.5 Å². The van der Waals surface area contributed by atoms with Crippen molar-refractivity contribution in [1.29, 1.82) is 0 Å². The molecule has 0 bridgehead atoms. The molecular formula is C29H23N7O4. The van der Waals surface area contributed by atoms with Gasteiger partial charge in [0, 0.05) is 49.2 Å². The monoisotopic (exact) mass is 533 g/mol. The van der Waals surface area contributed by atoms with E-state index in [1.54, 1.807) is 30.2 Å². The van der Waals surface area contributed by atoms with Gasteiger partial charge >= 0.3 is 5.69 Å². The van der Waals surface area contributed by atoms with Crippen molar-refractivity contribution >= 4 is 23.5 Å². The maximum Gasteiger partial charge on any atom is 0.332 e. The molecule has 0 N–H and O–H groups in total. The van der Waals surface area contributed by atoms with Crippen LogP contribution in [-0.2, 0) is 14.1 Å². The van der Waals surface area contributed by atoms with Crippen molar-refractivity contribution in [3.63, 3.8) is 0 Å². The Hall–Kier alpha value is -5.58. The molecule has 5 aromatic rings. The Balaban J connectivity index is 1.66. The molecule has 3 heterocycles. The lowest BCUT2D eigenvalue weighted by Gasteiger charge is -2.34. The van der Waals surface area contributed by atoms with Crippen molar-refractivity contribution in [3.05, 3.63) is 133 Å². The number of benzene rings is 3. The van der Waals surface area contributed by atoms with Gasteiger partial charge in [0.2, 0.25) is 0 Å². The molecule has 0 aliphatic carbocycles. The zero-order valence-corrected chi connectivity index (χ0v) is 21.6. The van der Waals surface area contributed by atoms with Crippen LogP contribution in [0.2, 0.25) is 0 Å². The molecule has 198 valence electrons. The van der Waals surface area contributed by atoms with Crippen molar-refractivity contribution in [2.45, 2.75) is 6.04 Å². The molecule has 0 radical (unpaired) electrons. The Morgan fingerprint density at radius 2 is 1.45 bits per heavy atom. The second kappa shape index (κ2) is 9.62. The number of nitro groups is 1. The summed E-state index contributed by atoms with van der Waals surface area (Å²) in [6, 6.07) is 24.4. The van der Waals surface area contributed by atoms with Crippen molar-refractivity contribution in [2.75, 3.05) is 4.90 Å². The summed E-state index contributed by atoms with van der Waals surface area (Å²) in [6.45, 7) is 0. The highest BCUT2D eigenvalue weighted by Gasteiger charge is 2.36. The smallest absolute Gasteiger partial charge is 0.320 e. The lowest BCUT2D eigenvalue weighted by atomic mass is 9.94. The molecule has 40 heavy (non-hydrogen) atoms. The molecule has 11 nitrogen and oxygen atoms in total. The first-order chi connectivity index (χ1) is 19.3. The Labute approximate surface area is 227 Å². The van der Waals surface area contributed by atoms with Crippen LogP contribution in [0.1, 0.15) is 17.2 Å². The maximum absolute atomic E-state index is 13.7. The third kappa shape index (κ3) is 4.00. The Morgan fingerprint density at radius 1 is 0.825 bits per heavy atom. The number of hydrogen-bond acceptors (Lipinski definition) is 7. The molecule has 3 aromatic carbocycles. The van der Waals surface area contributed by atoms with Gasteiger partial charge in [-0.25, -0.2) is 14.5 Å². The van der Waals surface area contributed by atoms with Crippen LogP contribution in [0.5, 0.6) is 0 Å². The number of non-ortho nitro benzene ring substituents is 1. The van der Waals surface area contributed by atoms with Gasteiger partial charge in [0.05, 0.1) is 34.2 Å². The van der Waals surface area contributed by atoms with Gasteiger partial charge < -0.3 is 4.90 Å². The number of fused-ring (bicyclic) bond motifs is 1. The number of para-hydroxylation sites is 2. The summed E-state index contributed by atoms with van der Waals surface area (Å²) in [5.74, 6) is 0.257. The van der Waals surface area contributed by atoms with E-state index in [4.69, 9.17) is 5.10 Å². The molecule has 0 spiro atoms. The number of hydrogen-bond donors (Lipinski definition) is 0. The SMILES string of the molecule is Cn1c2c(c(=O)n(C)c1=O)C(c1cn(-c3ccccc3)nc1-c1ccc([N+](=O)[O-])cc1)N(c1ccccc1)C=N2. The number of aromatic nitrogens is 4. The zero-order chi connectivity index (χ0) is 28.0. The highest BCUT2D eigenvalue weighted by molar-refractivity contribution is 5.87. The molecule has 11 heteroatoms. The van der Waals surface area contributed by atoms with E-state index in [0.29, 0.717) is 22.4 Å². The number of nitro benzene ring substituents is 1. The zero-order valence-electron chi connectivity index (χ0n) is 21.6. The van der Waals surface area contributed by atoms with Gasteiger partial charge in [0.15, 0.2) is 0 Å². The minimum Gasteiger partial charge on any atom is -0.320 e. The van der Waals surface area contributed by atoms with Gasteiger partial charge in [-0.15, -0.1) is 0 Å². The fourth-order valence-electron chi connectivity index (χ4n) is 4.96. The third-order valence-corrected chi connectivity index (χ3v) is 6.99. The Morgan fingerprint density at radius 3 is 2.08 bits per heavy atom. The molecule has 0 saturated heterocycles. The molecule has 2 aromatic heterocycles. The number of aliphatic imine (C=N–C) groups is 1. The number of anilines is 1. The third-order valence-electron chi connectivity index (χ3n) is 6.99. The first-order valence-electron chi connectivity index (χ1n) is 12.4. The minimum absolute atomic E-state index is 0.0438. The molecule has 1 atom stereocenters. The molecule has 0 saturated carbocycles. The molecule has 1 aliphatic heterocycles. The fraction of sp³-hybridized carbons (Fsp3) is 0.103. The van der Waals surface area contributed by atoms with Gasteiger partial charge in [-0.3, -0.25) is 24.0 Å². The summed E-state index contributed by atoms with van der Waals surface area (Å²) in [6.07, 6.45) is 3.46. The highest BCUT2D eigenvalue weighted by atomic mass is 16.6. The number of rotatable bonds is 5. The van der Waals surface area contributed by atoms with E-state index in [2.05, 4.69) is 4.99 Å². The van der Waals surface area contributed by atoms with Crippen LogP contribution in [0.25, 0.3) is 16.9 Å². The van der Waals surface area contributed by atoms with E-state index in [9.17, 15) is 19.7 Å². The molecule has 1 unspecified atom stereocenters. The van der Waals surface area contributed by atoms with E-state index < -0.39 is 22.2 Å². The summed E-state index contributed by atoms with van der Waals surface area (Å²) in [4.78, 5) is 43.8. The Kier molecular flexibility index (Phi) is 5.95. The van der Waals surface area contributed by atoms with Gasteiger partial charge in [-0.2, -0.15) is 5.10 Å². The van der Waals surface area contributed by atoms with Crippen LogP contribution in [0.4, 0.5) is 17.2 Å². The van der Waals surface area contributed by atoms with Crippen LogP contribution in [0.15, 0.2) is 106 Å². The summed E-state index contributed by atoms with van der Waals surface area (Å²) < 4.78 is 4.14. The average Bonchev–Trinajstić information content (AvgIpc) is 3.44. The topological polar surface area (TPSA) is 121 Å². The fourth-order valence-corrected chi connectivity index (χ4v) is 4.96. The van der Waals surface area contributed by atoms with E-state index in [0.717, 1.165) is 15.9 Å². The second-order valence-corrected chi connectivity index (χ2v) is 9.35. The van der Waals surface area contributed by atoms with Gasteiger partial charge in [0.25, 0.3) is 11.2 Å². The van der Waals surface area contributed by atoms with Crippen molar-refractivity contribution in [3.8, 4) is 16.9 Å².